The largest absolute Gasteiger partial charge is 0.252 e. The maximum absolute atomic E-state index is 8.60. The second-order valence-corrected chi connectivity index (χ2v) is 15.9. The van der Waals surface area contributed by atoms with Crippen LogP contribution >= 0.6 is 67.8 Å². The van der Waals surface area contributed by atoms with Crippen LogP contribution in [-0.2, 0) is 4.89 Å². The van der Waals surface area contributed by atoms with Gasteiger partial charge in [-0.25, -0.2) is 4.89 Å². The Kier molecular flexibility index (Phi) is 11.1. The highest BCUT2D eigenvalue weighted by Gasteiger charge is 2.51. The molecule has 1 aliphatic rings. The van der Waals surface area contributed by atoms with Crippen LogP contribution in [0.3, 0.4) is 0 Å². The van der Waals surface area contributed by atoms with Crippen LogP contribution in [0.25, 0.3) is 0 Å². The first-order chi connectivity index (χ1) is 10.7. The molecule has 1 rings (SSSR count). The molecular formula is C18H33I3O2. The van der Waals surface area contributed by atoms with E-state index >= 15 is 0 Å². The summed E-state index contributed by atoms with van der Waals surface area (Å²) in [6.45, 7) is 7.52. The van der Waals surface area contributed by atoms with Crippen molar-refractivity contribution in [3.63, 3.8) is 0 Å². The van der Waals surface area contributed by atoms with E-state index in [9.17, 15) is 0 Å². The minimum absolute atomic E-state index is 0.360. The molecule has 3 unspecified atom stereocenters. The van der Waals surface area contributed by atoms with Crippen LogP contribution in [0, 0.1) is 17.8 Å². The van der Waals surface area contributed by atoms with Crippen LogP contribution in [0.15, 0.2) is 0 Å². The van der Waals surface area contributed by atoms with E-state index in [1.807, 2.05) is 0 Å². The third kappa shape index (κ3) is 8.12. The average Bonchev–Trinajstić information content (AvgIpc) is 2.74. The van der Waals surface area contributed by atoms with Gasteiger partial charge in [-0.15, -0.1) is 0 Å². The van der Waals surface area contributed by atoms with E-state index in [1.54, 1.807) is 0 Å². The van der Waals surface area contributed by atoms with Gasteiger partial charge in [-0.2, -0.15) is 0 Å². The summed E-state index contributed by atoms with van der Waals surface area (Å²) in [6, 6.07) is 0. The first-order valence-corrected chi connectivity index (χ1v) is 12.3. The first kappa shape index (κ1) is 23.1. The molecule has 0 saturated heterocycles. The van der Waals surface area contributed by atoms with Gasteiger partial charge in [-0.1, -0.05) is 114 Å². The van der Waals surface area contributed by atoms with E-state index in [0.29, 0.717) is 11.5 Å². The van der Waals surface area contributed by atoms with E-state index in [0.717, 1.165) is 30.6 Å². The van der Waals surface area contributed by atoms with Crippen LogP contribution in [0.1, 0.15) is 78.6 Å². The molecule has 0 aromatic heterocycles. The Hall–Kier alpha value is 2.11. The Labute approximate surface area is 184 Å². The van der Waals surface area contributed by atoms with Crippen LogP contribution in [0.4, 0.5) is 0 Å². The first-order valence-electron chi connectivity index (χ1n) is 9.04. The molecule has 0 radical (unpaired) electrons. The lowest BCUT2D eigenvalue weighted by Crippen LogP contribution is -2.37. The SMILES string of the molecule is CC(C)CCCCCC(I)(I)C1CC(C)CC1(I)CCCOO. The van der Waals surface area contributed by atoms with Gasteiger partial charge in [0.2, 0.25) is 0 Å². The molecule has 0 bridgehead atoms. The predicted molar refractivity (Wildman–Crippen MR) is 125 cm³/mol. The Morgan fingerprint density at radius 2 is 1.91 bits per heavy atom. The Balaban J connectivity index is 2.53. The monoisotopic (exact) mass is 662 g/mol. The lowest BCUT2D eigenvalue weighted by molar-refractivity contribution is -0.243. The Bertz CT molecular complexity index is 336. The second-order valence-electron chi connectivity index (χ2n) is 7.82. The molecule has 0 aromatic carbocycles. The second kappa shape index (κ2) is 11.1. The zero-order valence-corrected chi connectivity index (χ0v) is 21.3. The summed E-state index contributed by atoms with van der Waals surface area (Å²) < 4.78 is 0.732. The maximum Gasteiger partial charge on any atom is 0.0820 e. The normalized spacial score (nSPS) is 28.7. The number of rotatable bonds is 11. The number of hydrogen-bond acceptors (Lipinski definition) is 2. The van der Waals surface area contributed by atoms with Crippen molar-refractivity contribution < 1.29 is 10.1 Å². The molecule has 0 aromatic rings. The zero-order chi connectivity index (χ0) is 17.5. The quantitative estimate of drug-likeness (QED) is 0.0811. The molecule has 0 heterocycles. The lowest BCUT2D eigenvalue weighted by atomic mass is 9.87. The Morgan fingerprint density at radius 1 is 1.22 bits per heavy atom. The fourth-order valence-electron chi connectivity index (χ4n) is 3.94. The molecule has 0 aliphatic heterocycles. The molecule has 3 atom stereocenters. The van der Waals surface area contributed by atoms with Gasteiger partial charge in [0.1, 0.15) is 0 Å². The van der Waals surface area contributed by atoms with Crippen molar-refractivity contribution in [2.24, 2.45) is 17.8 Å². The highest BCUT2D eigenvalue weighted by atomic mass is 127. The molecule has 1 saturated carbocycles. The number of hydrogen-bond donors (Lipinski definition) is 1. The zero-order valence-electron chi connectivity index (χ0n) is 14.8. The summed E-state index contributed by atoms with van der Waals surface area (Å²) in [7, 11) is 0. The van der Waals surface area contributed by atoms with Gasteiger partial charge in [-0.05, 0) is 49.9 Å². The van der Waals surface area contributed by atoms with Crippen molar-refractivity contribution in [2.45, 2.75) is 83.4 Å². The van der Waals surface area contributed by atoms with Gasteiger partial charge in [0, 0.05) is 3.42 Å². The smallest absolute Gasteiger partial charge is 0.0820 e. The molecule has 1 aliphatic carbocycles. The van der Waals surface area contributed by atoms with Crippen molar-refractivity contribution in [2.75, 3.05) is 6.61 Å². The number of alkyl halides is 3. The summed E-state index contributed by atoms with van der Waals surface area (Å²) in [5.41, 5.74) is 0. The summed E-state index contributed by atoms with van der Waals surface area (Å²) in [6.07, 6.45) is 11.6. The standard InChI is InChI=1S/C18H33I3O2/c1-14(2)8-5-4-6-10-18(20,21)16-12-15(3)13-17(16,19)9-7-11-23-22/h14-16,22H,4-13H2,1-3H3. The van der Waals surface area contributed by atoms with Crippen molar-refractivity contribution >= 4 is 67.8 Å². The van der Waals surface area contributed by atoms with Crippen LogP contribution in [0.5, 0.6) is 0 Å². The van der Waals surface area contributed by atoms with Gasteiger partial charge in [0.15, 0.2) is 0 Å². The summed E-state index contributed by atoms with van der Waals surface area (Å²) in [5.74, 6) is 2.41. The van der Waals surface area contributed by atoms with Crippen LogP contribution in [-0.4, -0.2) is 16.7 Å². The third-order valence-corrected chi connectivity index (χ3v) is 9.39. The maximum atomic E-state index is 8.60. The van der Waals surface area contributed by atoms with E-state index in [2.05, 4.69) is 93.4 Å². The van der Waals surface area contributed by atoms with Gasteiger partial charge in [0.05, 0.1) is 8.04 Å². The van der Waals surface area contributed by atoms with Crippen molar-refractivity contribution in [3.8, 4) is 0 Å². The van der Waals surface area contributed by atoms with E-state index in [4.69, 9.17) is 5.26 Å². The molecule has 23 heavy (non-hydrogen) atoms. The highest BCUT2D eigenvalue weighted by molar-refractivity contribution is 14.2. The highest BCUT2D eigenvalue weighted by Crippen LogP contribution is 2.59. The fourth-order valence-corrected chi connectivity index (χ4v) is 9.51. The van der Waals surface area contributed by atoms with Gasteiger partial charge < -0.3 is 0 Å². The van der Waals surface area contributed by atoms with Gasteiger partial charge in [-0.3, -0.25) is 5.26 Å². The molecule has 5 heteroatoms. The molecular weight excluding hydrogens is 629 g/mol. The topological polar surface area (TPSA) is 29.5 Å². The summed E-state index contributed by atoms with van der Waals surface area (Å²) in [4.78, 5) is 4.30. The molecule has 0 amide bonds. The summed E-state index contributed by atoms with van der Waals surface area (Å²) >= 11 is 8.22. The molecule has 0 spiro atoms. The molecule has 1 N–H and O–H groups in total. The number of halogens is 3. The third-order valence-electron chi connectivity index (χ3n) is 5.08. The minimum Gasteiger partial charge on any atom is -0.252 e. The van der Waals surface area contributed by atoms with E-state index in [-0.39, 0.29) is 0 Å². The summed E-state index contributed by atoms with van der Waals surface area (Å²) in [5, 5.41) is 8.60. The molecule has 1 fully saturated rings. The van der Waals surface area contributed by atoms with Gasteiger partial charge >= 0.3 is 0 Å². The van der Waals surface area contributed by atoms with Crippen molar-refractivity contribution in [3.05, 3.63) is 0 Å². The molecule has 138 valence electrons. The lowest BCUT2D eigenvalue weighted by Gasteiger charge is -2.39. The van der Waals surface area contributed by atoms with Crippen LogP contribution < -0.4 is 0 Å². The fraction of sp³-hybridized carbons (Fsp3) is 1.00. The number of unbranched alkanes of at least 4 members (excludes halogenated alkanes) is 2. The average molecular weight is 662 g/mol. The minimum atomic E-state index is 0.360. The Morgan fingerprint density at radius 3 is 2.52 bits per heavy atom. The van der Waals surface area contributed by atoms with E-state index < -0.39 is 0 Å². The van der Waals surface area contributed by atoms with Crippen molar-refractivity contribution in [1.29, 1.82) is 0 Å². The predicted octanol–water partition coefficient (Wildman–Crippen LogP) is 7.65. The van der Waals surface area contributed by atoms with Gasteiger partial charge in [0.25, 0.3) is 0 Å². The molecule has 2 nitrogen and oxygen atoms in total. The van der Waals surface area contributed by atoms with E-state index in [1.165, 1.54) is 44.9 Å². The van der Waals surface area contributed by atoms with Crippen molar-refractivity contribution in [1.82, 2.24) is 0 Å². The van der Waals surface area contributed by atoms with Crippen LogP contribution in [0.2, 0.25) is 0 Å².